The lowest BCUT2D eigenvalue weighted by atomic mass is 9.78. The Balaban J connectivity index is 0.000000280. The van der Waals surface area contributed by atoms with E-state index >= 15 is 0 Å². The summed E-state index contributed by atoms with van der Waals surface area (Å²) in [5.74, 6) is -0.908. The van der Waals surface area contributed by atoms with E-state index in [4.69, 9.17) is 18.9 Å². The molecule has 2 amide bonds. The van der Waals surface area contributed by atoms with Crippen LogP contribution in [0.15, 0.2) is 36.4 Å². The number of nitrogens with one attached hydrogen (secondary N) is 2. The van der Waals surface area contributed by atoms with E-state index in [1.54, 1.807) is 67.5 Å². The van der Waals surface area contributed by atoms with Crippen LogP contribution in [0, 0.1) is 23.5 Å². The number of hydrogen-bond acceptors (Lipinski definition) is 8. The summed E-state index contributed by atoms with van der Waals surface area (Å²) < 4.78 is 49.1. The summed E-state index contributed by atoms with van der Waals surface area (Å²) in [5, 5.41) is 4.87. The number of carbonyl (C=O) groups excluding carboxylic acids is 4. The largest absolute Gasteiger partial charge is 0.466 e. The Morgan fingerprint density at radius 1 is 0.596 bits per heavy atom. The third kappa shape index (κ3) is 13.7. The highest BCUT2D eigenvalue weighted by molar-refractivity contribution is 5.85. The quantitative estimate of drug-likeness (QED) is 0.203. The van der Waals surface area contributed by atoms with Crippen LogP contribution >= 0.6 is 0 Å². The number of ether oxygens (including phenoxy) is 4. The Morgan fingerprint density at radius 3 is 1.19 bits per heavy atom. The number of carbonyl (C=O) groups is 4. The predicted molar refractivity (Wildman–Crippen MR) is 195 cm³/mol. The molecular formula is C40H56F2N2O8. The molecular weight excluding hydrogens is 674 g/mol. The molecule has 0 spiro atoms. The van der Waals surface area contributed by atoms with Crippen LogP contribution in [0.4, 0.5) is 29.7 Å². The molecule has 0 saturated heterocycles. The molecule has 2 aromatic carbocycles. The zero-order valence-corrected chi connectivity index (χ0v) is 31.9. The molecule has 0 heterocycles. The van der Waals surface area contributed by atoms with Crippen LogP contribution in [0.3, 0.4) is 0 Å². The molecule has 2 N–H and O–H groups in total. The average Bonchev–Trinajstić information content (AvgIpc) is 3.05. The summed E-state index contributed by atoms with van der Waals surface area (Å²) in [7, 11) is 0. The van der Waals surface area contributed by atoms with Gasteiger partial charge in [0, 0.05) is 0 Å². The maximum atomic E-state index is 14.4. The second-order valence-corrected chi connectivity index (χ2v) is 15.3. The minimum absolute atomic E-state index is 0.0517. The van der Waals surface area contributed by atoms with Crippen molar-refractivity contribution in [3.63, 3.8) is 0 Å². The van der Waals surface area contributed by atoms with Crippen molar-refractivity contribution in [3.8, 4) is 0 Å². The molecule has 4 rings (SSSR count). The Labute approximate surface area is 306 Å². The Morgan fingerprint density at radius 2 is 0.923 bits per heavy atom. The standard InChI is InChI=1S/2C20H28FNO4/c2*1-5-25-18(23)14-8-6-13(7-9-14)15-10-11-17(16(21)12-15)22-19(24)26-20(2,3)4/h2*10-14H,5-9H2,1-4H3,(H,22,24). The Bertz CT molecular complexity index is 1400. The van der Waals surface area contributed by atoms with E-state index in [-0.39, 0.29) is 47.0 Å². The zero-order chi connectivity index (χ0) is 38.6. The maximum Gasteiger partial charge on any atom is 0.412 e. The van der Waals surface area contributed by atoms with Crippen LogP contribution < -0.4 is 10.6 Å². The number of rotatable bonds is 8. The van der Waals surface area contributed by atoms with Gasteiger partial charge in [0.05, 0.1) is 36.4 Å². The third-order valence-electron chi connectivity index (χ3n) is 8.89. The van der Waals surface area contributed by atoms with Crippen molar-refractivity contribution in [2.45, 2.75) is 130 Å². The molecule has 2 saturated carbocycles. The first kappa shape index (κ1) is 42.2. The molecule has 2 aliphatic carbocycles. The van der Waals surface area contributed by atoms with E-state index in [2.05, 4.69) is 10.6 Å². The molecule has 10 nitrogen and oxygen atoms in total. The van der Waals surface area contributed by atoms with Gasteiger partial charge in [0.2, 0.25) is 0 Å². The molecule has 2 aliphatic rings. The number of benzene rings is 2. The molecule has 2 fully saturated rings. The summed E-state index contributed by atoms with van der Waals surface area (Å²) in [6.45, 7) is 14.9. The first-order chi connectivity index (χ1) is 24.4. The minimum atomic E-state index is -0.681. The summed E-state index contributed by atoms with van der Waals surface area (Å²) in [6, 6.07) is 9.69. The lowest BCUT2D eigenvalue weighted by Crippen LogP contribution is -2.27. The monoisotopic (exact) mass is 730 g/mol. The van der Waals surface area contributed by atoms with Crippen molar-refractivity contribution in [2.75, 3.05) is 23.8 Å². The topological polar surface area (TPSA) is 129 Å². The Hall–Kier alpha value is -4.22. The highest BCUT2D eigenvalue weighted by atomic mass is 19.1. The van der Waals surface area contributed by atoms with Crippen molar-refractivity contribution < 1.29 is 46.9 Å². The molecule has 2 aromatic rings. The number of amides is 2. The van der Waals surface area contributed by atoms with Gasteiger partial charge in [-0.05, 0) is 154 Å². The number of anilines is 2. The second-order valence-electron chi connectivity index (χ2n) is 15.3. The zero-order valence-electron chi connectivity index (χ0n) is 31.9. The van der Waals surface area contributed by atoms with Crippen LogP contribution in [-0.4, -0.2) is 48.5 Å². The third-order valence-corrected chi connectivity index (χ3v) is 8.89. The van der Waals surface area contributed by atoms with Gasteiger partial charge in [0.15, 0.2) is 0 Å². The van der Waals surface area contributed by atoms with E-state index in [9.17, 15) is 28.0 Å². The van der Waals surface area contributed by atoms with Crippen LogP contribution in [0.5, 0.6) is 0 Å². The molecule has 0 bridgehead atoms. The highest BCUT2D eigenvalue weighted by Gasteiger charge is 2.30. The molecule has 0 atom stereocenters. The summed E-state index contributed by atoms with van der Waals surface area (Å²) >= 11 is 0. The Kier molecular flexibility index (Phi) is 15.4. The lowest BCUT2D eigenvalue weighted by molar-refractivity contribution is -0.150. The van der Waals surface area contributed by atoms with Crippen molar-refractivity contribution in [3.05, 3.63) is 59.2 Å². The van der Waals surface area contributed by atoms with Gasteiger partial charge in [-0.15, -0.1) is 0 Å². The van der Waals surface area contributed by atoms with Crippen LogP contribution in [-0.2, 0) is 28.5 Å². The van der Waals surface area contributed by atoms with Gasteiger partial charge in [-0.1, -0.05) is 12.1 Å². The highest BCUT2D eigenvalue weighted by Crippen LogP contribution is 2.38. The number of halogens is 2. The number of hydrogen-bond donors (Lipinski definition) is 2. The van der Waals surface area contributed by atoms with E-state index in [0.29, 0.717) is 13.2 Å². The molecule has 0 aliphatic heterocycles. The van der Waals surface area contributed by atoms with Gasteiger partial charge < -0.3 is 18.9 Å². The predicted octanol–water partition coefficient (Wildman–Crippen LogP) is 10.0. The van der Waals surface area contributed by atoms with Gasteiger partial charge in [0.1, 0.15) is 22.8 Å². The molecule has 12 heteroatoms. The second kappa shape index (κ2) is 19.0. The minimum Gasteiger partial charge on any atom is -0.466 e. The SMILES string of the molecule is CCOC(=O)C1CCC(c2ccc(NC(=O)OC(C)(C)C)c(F)c2)CC1.CCOC(=O)C1CCC(c2ccc(NC(=O)OC(C)(C)C)c(F)c2)CC1. The number of esters is 2. The van der Waals surface area contributed by atoms with E-state index in [1.807, 2.05) is 12.1 Å². The van der Waals surface area contributed by atoms with Crippen LogP contribution in [0.2, 0.25) is 0 Å². The van der Waals surface area contributed by atoms with Gasteiger partial charge in [0.25, 0.3) is 0 Å². The van der Waals surface area contributed by atoms with E-state index in [0.717, 1.165) is 62.5 Å². The molecule has 0 unspecified atom stereocenters. The van der Waals surface area contributed by atoms with Crippen LogP contribution in [0.1, 0.15) is 130 Å². The normalized spacial score (nSPS) is 20.3. The summed E-state index contributed by atoms with van der Waals surface area (Å²) in [4.78, 5) is 47.2. The lowest BCUT2D eigenvalue weighted by Gasteiger charge is -2.27. The van der Waals surface area contributed by atoms with Crippen molar-refractivity contribution in [1.29, 1.82) is 0 Å². The molecule has 0 aromatic heterocycles. The smallest absolute Gasteiger partial charge is 0.412 e. The summed E-state index contributed by atoms with van der Waals surface area (Å²) in [6.07, 6.45) is 4.93. The average molecular weight is 731 g/mol. The van der Waals surface area contributed by atoms with E-state index in [1.165, 1.54) is 12.1 Å². The van der Waals surface area contributed by atoms with Crippen molar-refractivity contribution in [1.82, 2.24) is 0 Å². The van der Waals surface area contributed by atoms with Crippen molar-refractivity contribution in [2.24, 2.45) is 11.8 Å². The van der Waals surface area contributed by atoms with Gasteiger partial charge in [-0.25, -0.2) is 18.4 Å². The fourth-order valence-corrected chi connectivity index (χ4v) is 6.45. The van der Waals surface area contributed by atoms with Gasteiger partial charge in [-0.3, -0.25) is 20.2 Å². The molecule has 52 heavy (non-hydrogen) atoms. The van der Waals surface area contributed by atoms with Gasteiger partial charge in [-0.2, -0.15) is 0 Å². The van der Waals surface area contributed by atoms with Crippen LogP contribution in [0.25, 0.3) is 0 Å². The first-order valence-electron chi connectivity index (χ1n) is 18.3. The first-order valence-corrected chi connectivity index (χ1v) is 18.3. The maximum absolute atomic E-state index is 14.4. The fraction of sp³-hybridized carbons (Fsp3) is 0.600. The van der Waals surface area contributed by atoms with Crippen molar-refractivity contribution >= 4 is 35.5 Å². The van der Waals surface area contributed by atoms with Gasteiger partial charge >= 0.3 is 24.1 Å². The molecule has 288 valence electrons. The molecule has 0 radical (unpaired) electrons. The fourth-order valence-electron chi connectivity index (χ4n) is 6.45. The summed E-state index contributed by atoms with van der Waals surface area (Å²) in [5.41, 5.74) is 0.696. The van der Waals surface area contributed by atoms with E-state index < -0.39 is 35.0 Å².